The minimum absolute atomic E-state index is 0.0592. The summed E-state index contributed by atoms with van der Waals surface area (Å²) in [6, 6.07) is 21.0. The van der Waals surface area contributed by atoms with E-state index in [9.17, 15) is 15.0 Å². The third-order valence-corrected chi connectivity index (χ3v) is 6.02. The van der Waals surface area contributed by atoms with E-state index in [1.807, 2.05) is 36.4 Å². The molecule has 166 valence electrons. The van der Waals surface area contributed by atoms with Crippen molar-refractivity contribution in [3.05, 3.63) is 88.4 Å². The molecule has 0 saturated heterocycles. The molecule has 0 radical (unpaired) electrons. The number of benzene rings is 3. The van der Waals surface area contributed by atoms with Crippen LogP contribution in [0.25, 0.3) is 11.1 Å². The van der Waals surface area contributed by atoms with E-state index >= 15 is 0 Å². The second kappa shape index (κ2) is 9.61. The number of nitrogens with one attached hydrogen (secondary N) is 1. The van der Waals surface area contributed by atoms with E-state index in [1.54, 1.807) is 18.2 Å². The molecule has 3 aromatic carbocycles. The van der Waals surface area contributed by atoms with Crippen LogP contribution in [-0.4, -0.2) is 42.7 Å². The maximum atomic E-state index is 12.3. The second-order valence-electron chi connectivity index (χ2n) is 7.57. The molecule has 2 unspecified atom stereocenters. The summed E-state index contributed by atoms with van der Waals surface area (Å²) in [5.74, 6) is 0.293. The van der Waals surface area contributed by atoms with Crippen molar-refractivity contribution >= 4 is 17.7 Å². The number of hydrogen-bond donors (Lipinski definition) is 3. The maximum absolute atomic E-state index is 12.3. The van der Waals surface area contributed by atoms with Gasteiger partial charge in [-0.2, -0.15) is 0 Å². The van der Waals surface area contributed by atoms with Crippen molar-refractivity contribution in [1.29, 1.82) is 0 Å². The highest BCUT2D eigenvalue weighted by Crippen LogP contribution is 2.44. The Bertz CT molecular complexity index is 1070. The lowest BCUT2D eigenvalue weighted by molar-refractivity contribution is 0.0173. The van der Waals surface area contributed by atoms with Gasteiger partial charge in [0.2, 0.25) is 0 Å². The molecule has 0 saturated carbocycles. The summed E-state index contributed by atoms with van der Waals surface area (Å²) < 4.78 is 10.7. The Balaban J connectivity index is 1.36. The summed E-state index contributed by atoms with van der Waals surface area (Å²) in [4.78, 5) is 12.3. The van der Waals surface area contributed by atoms with Crippen LogP contribution in [0.5, 0.6) is 5.75 Å². The fourth-order valence-electron chi connectivity index (χ4n) is 4.12. The van der Waals surface area contributed by atoms with E-state index in [2.05, 4.69) is 17.4 Å². The van der Waals surface area contributed by atoms with Crippen molar-refractivity contribution in [2.75, 3.05) is 20.3 Å². The quantitative estimate of drug-likeness (QED) is 0.497. The van der Waals surface area contributed by atoms with Gasteiger partial charge in [-0.15, -0.1) is 0 Å². The third kappa shape index (κ3) is 4.30. The zero-order valence-electron chi connectivity index (χ0n) is 17.5. The SMILES string of the molecule is COc1cccc(Cl)c1C(O)C(O)CNC(=O)OCC1c2ccccc2-c2ccccc21. The van der Waals surface area contributed by atoms with Crippen molar-refractivity contribution < 1.29 is 24.5 Å². The first-order valence-corrected chi connectivity index (χ1v) is 10.7. The number of methoxy groups -OCH3 is 1. The summed E-state index contributed by atoms with van der Waals surface area (Å²) in [6.45, 7) is -0.0525. The van der Waals surface area contributed by atoms with Gasteiger partial charge in [0.05, 0.1) is 12.1 Å². The Morgan fingerprint density at radius 3 is 2.25 bits per heavy atom. The highest BCUT2D eigenvalue weighted by Gasteiger charge is 2.29. The van der Waals surface area contributed by atoms with E-state index in [0.717, 1.165) is 22.3 Å². The molecule has 0 fully saturated rings. The van der Waals surface area contributed by atoms with Gasteiger partial charge < -0.3 is 25.0 Å². The number of halogens is 1. The maximum Gasteiger partial charge on any atom is 0.407 e. The zero-order chi connectivity index (χ0) is 22.7. The Labute approximate surface area is 191 Å². The van der Waals surface area contributed by atoms with Gasteiger partial charge in [-0.25, -0.2) is 4.79 Å². The van der Waals surface area contributed by atoms with E-state index in [1.165, 1.54) is 7.11 Å². The average molecular weight is 454 g/mol. The smallest absolute Gasteiger partial charge is 0.407 e. The number of carbonyl (C=O) groups excluding carboxylic acids is 1. The summed E-state index contributed by atoms with van der Waals surface area (Å²) >= 11 is 6.15. The summed E-state index contributed by atoms with van der Waals surface area (Å²) in [6.07, 6.45) is -3.32. The number of carbonyl (C=O) groups is 1. The standard InChI is InChI=1S/C25H24ClNO5/c1-31-22-12-6-11-20(26)23(22)24(29)21(28)13-27-25(30)32-14-19-17-9-4-2-7-15(17)16-8-3-5-10-18(16)19/h2-12,19,21,24,28-29H,13-14H2,1H3,(H,27,30). The highest BCUT2D eigenvalue weighted by molar-refractivity contribution is 6.31. The van der Waals surface area contributed by atoms with E-state index in [4.69, 9.17) is 21.1 Å². The molecule has 0 bridgehead atoms. The van der Waals surface area contributed by atoms with Crippen molar-refractivity contribution in [2.24, 2.45) is 0 Å². The minimum Gasteiger partial charge on any atom is -0.496 e. The lowest BCUT2D eigenvalue weighted by Gasteiger charge is -2.22. The number of amides is 1. The molecule has 7 heteroatoms. The zero-order valence-corrected chi connectivity index (χ0v) is 18.3. The normalized spacial score (nSPS) is 14.2. The fourth-order valence-corrected chi connectivity index (χ4v) is 4.40. The predicted molar refractivity (Wildman–Crippen MR) is 122 cm³/mol. The van der Waals surface area contributed by atoms with Gasteiger partial charge in [0.25, 0.3) is 0 Å². The van der Waals surface area contributed by atoms with Crippen molar-refractivity contribution in [1.82, 2.24) is 5.32 Å². The molecule has 3 N–H and O–H groups in total. The molecular formula is C25H24ClNO5. The molecule has 1 amide bonds. The van der Waals surface area contributed by atoms with Crippen LogP contribution in [0.2, 0.25) is 5.02 Å². The van der Waals surface area contributed by atoms with Crippen LogP contribution in [0, 0.1) is 0 Å². The third-order valence-electron chi connectivity index (χ3n) is 5.69. The fraction of sp³-hybridized carbons (Fsp3) is 0.240. The van der Waals surface area contributed by atoms with Crippen LogP contribution in [0.3, 0.4) is 0 Å². The second-order valence-corrected chi connectivity index (χ2v) is 7.98. The molecule has 4 rings (SSSR count). The van der Waals surface area contributed by atoms with Gasteiger partial charge in [0, 0.05) is 18.0 Å². The molecule has 0 spiro atoms. The largest absolute Gasteiger partial charge is 0.496 e. The van der Waals surface area contributed by atoms with E-state index < -0.39 is 18.3 Å². The van der Waals surface area contributed by atoms with Crippen LogP contribution in [0.4, 0.5) is 4.79 Å². The van der Waals surface area contributed by atoms with Gasteiger partial charge in [-0.05, 0) is 34.4 Å². The predicted octanol–water partition coefficient (Wildman–Crippen LogP) is 4.28. The summed E-state index contributed by atoms with van der Waals surface area (Å²) in [5.41, 5.74) is 4.78. The van der Waals surface area contributed by atoms with Crippen LogP contribution in [-0.2, 0) is 4.74 Å². The average Bonchev–Trinajstić information content (AvgIpc) is 3.14. The Morgan fingerprint density at radius 2 is 1.62 bits per heavy atom. The molecule has 6 nitrogen and oxygen atoms in total. The van der Waals surface area contributed by atoms with Gasteiger partial charge in [-0.1, -0.05) is 66.2 Å². The first-order valence-electron chi connectivity index (χ1n) is 10.3. The summed E-state index contributed by atoms with van der Waals surface area (Å²) in [7, 11) is 1.45. The topological polar surface area (TPSA) is 88.0 Å². The number of alkyl carbamates (subject to hydrolysis) is 1. The van der Waals surface area contributed by atoms with Gasteiger partial charge in [-0.3, -0.25) is 0 Å². The molecule has 32 heavy (non-hydrogen) atoms. The van der Waals surface area contributed by atoms with Crippen LogP contribution < -0.4 is 10.1 Å². The lowest BCUT2D eigenvalue weighted by atomic mass is 9.98. The van der Waals surface area contributed by atoms with Crippen molar-refractivity contribution in [3.63, 3.8) is 0 Å². The van der Waals surface area contributed by atoms with E-state index in [0.29, 0.717) is 5.75 Å². The van der Waals surface area contributed by atoms with Crippen LogP contribution in [0.1, 0.15) is 28.7 Å². The molecule has 0 aromatic heterocycles. The number of ether oxygens (including phenoxy) is 2. The summed E-state index contributed by atoms with van der Waals surface area (Å²) in [5, 5.41) is 23.6. The highest BCUT2D eigenvalue weighted by atomic mass is 35.5. The van der Waals surface area contributed by atoms with Crippen LogP contribution >= 0.6 is 11.6 Å². The molecule has 1 aliphatic carbocycles. The Hall–Kier alpha value is -3.06. The first kappa shape index (κ1) is 22.1. The van der Waals surface area contributed by atoms with Crippen molar-refractivity contribution in [2.45, 2.75) is 18.1 Å². The molecule has 1 aliphatic rings. The molecule has 0 heterocycles. The van der Waals surface area contributed by atoms with Crippen LogP contribution in [0.15, 0.2) is 66.7 Å². The first-order chi connectivity index (χ1) is 15.5. The monoisotopic (exact) mass is 453 g/mol. The number of aliphatic hydroxyl groups excluding tert-OH is 2. The number of fused-ring (bicyclic) bond motifs is 3. The molecule has 2 atom stereocenters. The number of aliphatic hydroxyl groups is 2. The molecule has 0 aliphatic heterocycles. The van der Waals surface area contributed by atoms with E-state index in [-0.39, 0.29) is 29.7 Å². The lowest BCUT2D eigenvalue weighted by Crippen LogP contribution is -2.36. The Kier molecular flexibility index (Phi) is 6.65. The van der Waals surface area contributed by atoms with Gasteiger partial charge in [0.15, 0.2) is 0 Å². The molecule has 3 aromatic rings. The van der Waals surface area contributed by atoms with Gasteiger partial charge >= 0.3 is 6.09 Å². The Morgan fingerprint density at radius 1 is 1.00 bits per heavy atom. The van der Waals surface area contributed by atoms with Crippen molar-refractivity contribution in [3.8, 4) is 16.9 Å². The number of hydrogen-bond acceptors (Lipinski definition) is 5. The molecular weight excluding hydrogens is 430 g/mol. The van der Waals surface area contributed by atoms with Gasteiger partial charge in [0.1, 0.15) is 24.6 Å². The minimum atomic E-state index is -1.34. The number of rotatable bonds is 7.